The first-order chi connectivity index (χ1) is 18.4. The Morgan fingerprint density at radius 2 is 1.58 bits per heavy atom. The standard InChI is InChI=1S/C31H34FN3O3/c1-34(2)27-16-14-24(15-17-27)23-10-12-25(13-11-23)30(32)35(31(37)26-7-5-4-6-8-26)28-19-22(20-33-21-28)9-18-29(36)38-3/h9-21,26,30H,4-8H2,1-3H3/b18-9+. The van der Waals surface area contributed by atoms with E-state index < -0.39 is 12.3 Å². The Labute approximate surface area is 223 Å². The highest BCUT2D eigenvalue weighted by molar-refractivity contribution is 5.96. The molecule has 1 aliphatic carbocycles. The van der Waals surface area contributed by atoms with Crippen LogP contribution in [-0.2, 0) is 14.3 Å². The van der Waals surface area contributed by atoms with Crippen molar-refractivity contribution in [2.75, 3.05) is 31.0 Å². The molecule has 1 heterocycles. The quantitative estimate of drug-likeness (QED) is 0.193. The third kappa shape index (κ3) is 6.46. The molecule has 3 aromatic rings. The molecule has 1 fully saturated rings. The van der Waals surface area contributed by atoms with Gasteiger partial charge in [0, 0.05) is 43.5 Å². The fourth-order valence-corrected chi connectivity index (χ4v) is 4.75. The molecule has 6 nitrogen and oxygen atoms in total. The number of halogens is 1. The molecular weight excluding hydrogens is 481 g/mol. The number of hydrogen-bond acceptors (Lipinski definition) is 5. The smallest absolute Gasteiger partial charge is 0.330 e. The highest BCUT2D eigenvalue weighted by atomic mass is 19.1. The summed E-state index contributed by atoms with van der Waals surface area (Å²) in [6.07, 6.45) is 8.68. The van der Waals surface area contributed by atoms with Crippen molar-refractivity contribution in [3.8, 4) is 11.1 Å². The normalized spacial score (nSPS) is 14.7. The minimum absolute atomic E-state index is 0.231. The van der Waals surface area contributed by atoms with Crippen LogP contribution in [0.25, 0.3) is 17.2 Å². The van der Waals surface area contributed by atoms with E-state index in [0.717, 1.165) is 48.9 Å². The predicted octanol–water partition coefficient (Wildman–Crippen LogP) is 6.58. The van der Waals surface area contributed by atoms with Gasteiger partial charge in [-0.15, -0.1) is 0 Å². The van der Waals surface area contributed by atoms with Crippen LogP contribution in [0.15, 0.2) is 73.1 Å². The molecule has 1 aromatic heterocycles. The molecule has 2 aromatic carbocycles. The summed E-state index contributed by atoms with van der Waals surface area (Å²) in [5.74, 6) is -0.979. The van der Waals surface area contributed by atoms with Gasteiger partial charge in [-0.3, -0.25) is 14.7 Å². The molecule has 1 saturated carbocycles. The number of anilines is 2. The number of carbonyl (C=O) groups excluding carboxylic acids is 2. The van der Waals surface area contributed by atoms with Crippen LogP contribution < -0.4 is 9.80 Å². The van der Waals surface area contributed by atoms with E-state index in [0.29, 0.717) is 16.8 Å². The Morgan fingerprint density at radius 3 is 2.18 bits per heavy atom. The summed E-state index contributed by atoms with van der Waals surface area (Å²) >= 11 is 0. The molecule has 1 atom stereocenters. The molecule has 1 unspecified atom stereocenters. The van der Waals surface area contributed by atoms with E-state index in [2.05, 4.69) is 9.72 Å². The fraction of sp³-hybridized carbons (Fsp3) is 0.323. The Hall–Kier alpha value is -4.00. The number of hydrogen-bond donors (Lipinski definition) is 0. The van der Waals surface area contributed by atoms with Crippen LogP contribution >= 0.6 is 0 Å². The van der Waals surface area contributed by atoms with E-state index in [1.165, 1.54) is 30.4 Å². The van der Waals surface area contributed by atoms with Gasteiger partial charge < -0.3 is 9.64 Å². The maximum Gasteiger partial charge on any atom is 0.330 e. The Kier molecular flexibility index (Phi) is 8.89. The van der Waals surface area contributed by atoms with Gasteiger partial charge in [-0.25, -0.2) is 9.18 Å². The van der Waals surface area contributed by atoms with Crippen molar-refractivity contribution < 1.29 is 18.7 Å². The number of esters is 1. The Bertz CT molecular complexity index is 1270. The monoisotopic (exact) mass is 515 g/mol. The molecule has 0 N–H and O–H groups in total. The Balaban J connectivity index is 1.63. The van der Waals surface area contributed by atoms with Gasteiger partial charge in [0.25, 0.3) is 0 Å². The third-order valence-electron chi connectivity index (χ3n) is 6.96. The maximum absolute atomic E-state index is 16.2. The van der Waals surface area contributed by atoms with Crippen LogP contribution in [0.2, 0.25) is 0 Å². The van der Waals surface area contributed by atoms with Crippen LogP contribution in [0.1, 0.15) is 49.5 Å². The van der Waals surface area contributed by atoms with Crippen molar-refractivity contribution >= 4 is 29.3 Å². The fourth-order valence-electron chi connectivity index (χ4n) is 4.75. The lowest BCUT2D eigenvalue weighted by molar-refractivity contribution is -0.134. The number of aromatic nitrogens is 1. The van der Waals surface area contributed by atoms with Gasteiger partial charge in [-0.05, 0) is 53.8 Å². The van der Waals surface area contributed by atoms with Crippen molar-refractivity contribution in [3.05, 3.63) is 84.2 Å². The van der Waals surface area contributed by atoms with Gasteiger partial charge >= 0.3 is 5.97 Å². The first kappa shape index (κ1) is 27.0. The number of methoxy groups -OCH3 is 1. The molecule has 1 amide bonds. The van der Waals surface area contributed by atoms with Crippen molar-refractivity contribution in [3.63, 3.8) is 0 Å². The van der Waals surface area contributed by atoms with Gasteiger partial charge in [-0.2, -0.15) is 0 Å². The second-order valence-corrected chi connectivity index (χ2v) is 9.78. The van der Waals surface area contributed by atoms with E-state index in [1.54, 1.807) is 24.4 Å². The average Bonchev–Trinajstić information content (AvgIpc) is 2.96. The molecule has 4 rings (SSSR count). The lowest BCUT2D eigenvalue weighted by Crippen LogP contribution is -2.38. The SMILES string of the molecule is COC(=O)/C=C/c1cncc(N(C(=O)C2CCCCC2)C(F)c2ccc(-c3ccc(N(C)C)cc3)cc2)c1. The summed E-state index contributed by atoms with van der Waals surface area (Å²) < 4.78 is 20.9. The molecule has 1 aliphatic rings. The first-order valence-electron chi connectivity index (χ1n) is 12.9. The van der Waals surface area contributed by atoms with Crippen molar-refractivity contribution in [2.24, 2.45) is 5.92 Å². The largest absolute Gasteiger partial charge is 0.466 e. The number of pyridine rings is 1. The van der Waals surface area contributed by atoms with Crippen LogP contribution in [0.3, 0.4) is 0 Å². The van der Waals surface area contributed by atoms with E-state index in [9.17, 15) is 9.59 Å². The zero-order valence-corrected chi connectivity index (χ0v) is 22.1. The van der Waals surface area contributed by atoms with E-state index >= 15 is 4.39 Å². The molecule has 0 radical (unpaired) electrons. The summed E-state index contributed by atoms with van der Waals surface area (Å²) in [4.78, 5) is 32.7. The zero-order chi connectivity index (χ0) is 27.1. The zero-order valence-electron chi connectivity index (χ0n) is 22.1. The van der Waals surface area contributed by atoms with Crippen LogP contribution in [-0.4, -0.2) is 38.1 Å². The van der Waals surface area contributed by atoms with Crippen LogP contribution in [0.5, 0.6) is 0 Å². The van der Waals surface area contributed by atoms with Crippen LogP contribution in [0.4, 0.5) is 15.8 Å². The number of amides is 1. The summed E-state index contributed by atoms with van der Waals surface area (Å²) in [6.45, 7) is 0. The number of ether oxygens (including phenoxy) is 1. The molecule has 198 valence electrons. The minimum Gasteiger partial charge on any atom is -0.466 e. The van der Waals surface area contributed by atoms with Crippen LogP contribution in [0, 0.1) is 5.92 Å². The number of carbonyl (C=O) groups is 2. The number of alkyl halides is 1. The van der Waals surface area contributed by atoms with Gasteiger partial charge in [0.2, 0.25) is 12.2 Å². The molecule has 0 saturated heterocycles. The van der Waals surface area contributed by atoms with Gasteiger partial charge in [0.1, 0.15) is 0 Å². The summed E-state index contributed by atoms with van der Waals surface area (Å²) in [7, 11) is 5.28. The lowest BCUT2D eigenvalue weighted by atomic mass is 9.88. The predicted molar refractivity (Wildman–Crippen MR) is 149 cm³/mol. The highest BCUT2D eigenvalue weighted by Crippen LogP contribution is 2.35. The van der Waals surface area contributed by atoms with Crippen molar-refractivity contribution in [1.29, 1.82) is 0 Å². The third-order valence-corrected chi connectivity index (χ3v) is 6.96. The second-order valence-electron chi connectivity index (χ2n) is 9.78. The topological polar surface area (TPSA) is 62.7 Å². The molecule has 7 heteroatoms. The minimum atomic E-state index is -1.68. The van der Waals surface area contributed by atoms with Gasteiger partial charge in [0.15, 0.2) is 0 Å². The number of benzene rings is 2. The van der Waals surface area contributed by atoms with E-state index in [4.69, 9.17) is 0 Å². The molecule has 0 bridgehead atoms. The summed E-state index contributed by atoms with van der Waals surface area (Å²) in [5, 5.41) is 0. The molecule has 0 aliphatic heterocycles. The summed E-state index contributed by atoms with van der Waals surface area (Å²) in [6, 6.07) is 17.0. The molecule has 38 heavy (non-hydrogen) atoms. The second kappa shape index (κ2) is 12.5. The number of rotatable bonds is 8. The molecule has 0 spiro atoms. The van der Waals surface area contributed by atoms with E-state index in [-0.39, 0.29) is 11.8 Å². The first-order valence-corrected chi connectivity index (χ1v) is 12.9. The maximum atomic E-state index is 16.2. The number of nitrogens with zero attached hydrogens (tertiary/aromatic N) is 3. The van der Waals surface area contributed by atoms with E-state index in [1.807, 2.05) is 55.4 Å². The average molecular weight is 516 g/mol. The Morgan fingerprint density at radius 1 is 0.947 bits per heavy atom. The van der Waals surface area contributed by atoms with Crippen molar-refractivity contribution in [1.82, 2.24) is 4.98 Å². The van der Waals surface area contributed by atoms with Gasteiger partial charge in [0.05, 0.1) is 19.0 Å². The molecular formula is C31H34FN3O3. The highest BCUT2D eigenvalue weighted by Gasteiger charge is 2.33. The van der Waals surface area contributed by atoms with Gasteiger partial charge in [-0.1, -0.05) is 55.7 Å². The lowest BCUT2D eigenvalue weighted by Gasteiger charge is -2.32. The summed E-state index contributed by atoms with van der Waals surface area (Å²) in [5.41, 5.74) is 4.40. The van der Waals surface area contributed by atoms with Crippen molar-refractivity contribution in [2.45, 2.75) is 38.4 Å².